The summed E-state index contributed by atoms with van der Waals surface area (Å²) in [6, 6.07) is 22.6. The lowest BCUT2D eigenvalue weighted by molar-refractivity contribution is 0.415. The molecule has 3 aromatic rings. The van der Waals surface area contributed by atoms with Crippen molar-refractivity contribution in [3.05, 3.63) is 84.4 Å². The normalized spacial score (nSPS) is 11.3. The number of rotatable bonds is 7. The predicted octanol–water partition coefficient (Wildman–Crippen LogP) is 3.94. The lowest BCUT2D eigenvalue weighted by atomic mass is 10.2. The minimum atomic E-state index is -3.60. The second-order valence-electron chi connectivity index (χ2n) is 5.64. The average molecular weight is 381 g/mol. The molecule has 3 aromatic carbocycles. The van der Waals surface area contributed by atoms with Crippen LogP contribution >= 0.6 is 0 Å². The van der Waals surface area contributed by atoms with Crippen molar-refractivity contribution in [2.45, 2.75) is 4.90 Å². The van der Waals surface area contributed by atoms with Crippen LogP contribution < -0.4 is 14.9 Å². The molecule has 0 aliphatic carbocycles. The van der Waals surface area contributed by atoms with Crippen molar-refractivity contribution in [3.8, 4) is 5.75 Å². The van der Waals surface area contributed by atoms with E-state index >= 15 is 0 Å². The Bertz CT molecular complexity index is 1000. The summed E-state index contributed by atoms with van der Waals surface area (Å²) in [4.78, 5) is 0.219. The van der Waals surface area contributed by atoms with Crippen molar-refractivity contribution < 1.29 is 13.2 Å². The topological polar surface area (TPSA) is 79.8 Å². The molecule has 0 radical (unpaired) electrons. The molecule has 0 saturated carbocycles. The van der Waals surface area contributed by atoms with Gasteiger partial charge in [0, 0.05) is 5.69 Å². The van der Waals surface area contributed by atoms with Gasteiger partial charge in [-0.05, 0) is 66.2 Å². The fourth-order valence-corrected chi connectivity index (χ4v) is 3.38. The second-order valence-corrected chi connectivity index (χ2v) is 7.32. The van der Waals surface area contributed by atoms with Crippen molar-refractivity contribution in [1.82, 2.24) is 0 Å². The van der Waals surface area contributed by atoms with E-state index in [9.17, 15) is 8.42 Å². The molecule has 2 N–H and O–H groups in total. The molecule has 0 aromatic heterocycles. The number of benzene rings is 3. The van der Waals surface area contributed by atoms with Gasteiger partial charge < -0.3 is 4.74 Å². The molecule has 0 aliphatic rings. The first kappa shape index (κ1) is 18.5. The third kappa shape index (κ3) is 5.08. The van der Waals surface area contributed by atoms with Gasteiger partial charge in [0.2, 0.25) is 0 Å². The Labute approximate surface area is 158 Å². The van der Waals surface area contributed by atoms with E-state index in [2.05, 4.69) is 15.2 Å². The third-order valence-electron chi connectivity index (χ3n) is 3.71. The highest BCUT2D eigenvalue weighted by molar-refractivity contribution is 7.92. The maximum absolute atomic E-state index is 12.3. The molecular weight excluding hydrogens is 362 g/mol. The second kappa shape index (κ2) is 8.37. The van der Waals surface area contributed by atoms with E-state index < -0.39 is 10.0 Å². The maximum Gasteiger partial charge on any atom is 0.261 e. The molecule has 0 amide bonds. The summed E-state index contributed by atoms with van der Waals surface area (Å²) in [5.74, 6) is 0.786. The van der Waals surface area contributed by atoms with Crippen molar-refractivity contribution in [2.24, 2.45) is 5.10 Å². The minimum absolute atomic E-state index is 0.219. The fourth-order valence-electron chi connectivity index (χ4n) is 2.30. The van der Waals surface area contributed by atoms with Crippen LogP contribution in [0.1, 0.15) is 5.56 Å². The summed E-state index contributed by atoms with van der Waals surface area (Å²) in [5, 5.41) is 4.16. The maximum atomic E-state index is 12.3. The number of anilines is 2. The number of hydrogen-bond acceptors (Lipinski definition) is 5. The number of sulfonamides is 1. The zero-order valence-corrected chi connectivity index (χ0v) is 15.5. The molecular formula is C20H19N3O3S. The van der Waals surface area contributed by atoms with E-state index in [-0.39, 0.29) is 4.90 Å². The van der Waals surface area contributed by atoms with E-state index in [1.807, 2.05) is 24.3 Å². The molecule has 0 aliphatic heterocycles. The molecule has 0 bridgehead atoms. The van der Waals surface area contributed by atoms with Crippen LogP contribution in [0.5, 0.6) is 5.75 Å². The van der Waals surface area contributed by atoms with E-state index in [0.717, 1.165) is 17.0 Å². The van der Waals surface area contributed by atoms with Crippen LogP contribution in [0, 0.1) is 0 Å². The summed E-state index contributed by atoms with van der Waals surface area (Å²) in [7, 11) is -1.98. The Morgan fingerprint density at radius 1 is 0.852 bits per heavy atom. The van der Waals surface area contributed by atoms with E-state index in [4.69, 9.17) is 4.74 Å². The van der Waals surface area contributed by atoms with Gasteiger partial charge in [-0.1, -0.05) is 18.2 Å². The summed E-state index contributed by atoms with van der Waals surface area (Å²) < 4.78 is 32.3. The standard InChI is InChI=1S/C20H19N3O3S/c1-26-19-13-7-16(8-14-19)15-21-22-17-9-11-18(12-10-17)23-27(24,25)20-5-3-2-4-6-20/h2-15,22-23H,1H3/b21-15+. The molecule has 138 valence electrons. The summed E-state index contributed by atoms with van der Waals surface area (Å²) in [5.41, 5.74) is 5.04. The molecule has 0 atom stereocenters. The highest BCUT2D eigenvalue weighted by atomic mass is 32.2. The smallest absolute Gasteiger partial charge is 0.261 e. The minimum Gasteiger partial charge on any atom is -0.497 e. The van der Waals surface area contributed by atoms with Crippen LogP contribution in [0.2, 0.25) is 0 Å². The van der Waals surface area contributed by atoms with Gasteiger partial charge in [-0.3, -0.25) is 10.1 Å². The van der Waals surface area contributed by atoms with Crippen molar-refractivity contribution in [1.29, 1.82) is 0 Å². The number of nitrogens with one attached hydrogen (secondary N) is 2. The zero-order valence-electron chi connectivity index (χ0n) is 14.7. The van der Waals surface area contributed by atoms with E-state index in [1.165, 1.54) is 0 Å². The fraction of sp³-hybridized carbons (Fsp3) is 0.0500. The van der Waals surface area contributed by atoms with Gasteiger partial charge in [0.25, 0.3) is 10.0 Å². The lowest BCUT2D eigenvalue weighted by Crippen LogP contribution is -2.12. The van der Waals surface area contributed by atoms with Crippen LogP contribution in [0.3, 0.4) is 0 Å². The van der Waals surface area contributed by atoms with Crippen LogP contribution in [0.15, 0.2) is 88.9 Å². The average Bonchev–Trinajstić information content (AvgIpc) is 2.70. The zero-order chi connectivity index (χ0) is 19.1. The van der Waals surface area contributed by atoms with Gasteiger partial charge in [-0.15, -0.1) is 0 Å². The monoisotopic (exact) mass is 381 g/mol. The Hall–Kier alpha value is -3.32. The van der Waals surface area contributed by atoms with E-state index in [0.29, 0.717) is 5.69 Å². The number of hydrazone groups is 1. The molecule has 0 spiro atoms. The third-order valence-corrected chi connectivity index (χ3v) is 5.11. The van der Waals surface area contributed by atoms with Crippen LogP contribution in [0.4, 0.5) is 11.4 Å². The molecule has 27 heavy (non-hydrogen) atoms. The molecule has 3 rings (SSSR count). The predicted molar refractivity (Wildman–Crippen MR) is 108 cm³/mol. The molecule has 6 nitrogen and oxygen atoms in total. The lowest BCUT2D eigenvalue weighted by Gasteiger charge is -2.08. The van der Waals surface area contributed by atoms with Crippen LogP contribution in [-0.4, -0.2) is 21.7 Å². The number of nitrogens with zero attached hydrogens (tertiary/aromatic N) is 1. The summed E-state index contributed by atoms with van der Waals surface area (Å²) in [6.45, 7) is 0. The number of hydrogen-bond donors (Lipinski definition) is 2. The Balaban J connectivity index is 1.61. The summed E-state index contributed by atoms with van der Waals surface area (Å²) in [6.07, 6.45) is 1.69. The first-order valence-corrected chi connectivity index (χ1v) is 9.66. The van der Waals surface area contributed by atoms with Gasteiger partial charge in [-0.25, -0.2) is 8.42 Å². The molecule has 0 saturated heterocycles. The highest BCUT2D eigenvalue weighted by Gasteiger charge is 2.12. The van der Waals surface area contributed by atoms with Crippen molar-refractivity contribution in [3.63, 3.8) is 0 Å². The highest BCUT2D eigenvalue weighted by Crippen LogP contribution is 2.18. The SMILES string of the molecule is COc1ccc(/C=N/Nc2ccc(NS(=O)(=O)c3ccccc3)cc2)cc1. The molecule has 7 heteroatoms. The largest absolute Gasteiger partial charge is 0.497 e. The van der Waals surface area contributed by atoms with Crippen LogP contribution in [0.25, 0.3) is 0 Å². The molecule has 0 unspecified atom stereocenters. The Morgan fingerprint density at radius 2 is 1.48 bits per heavy atom. The van der Waals surface area contributed by atoms with Gasteiger partial charge in [0.1, 0.15) is 5.75 Å². The van der Waals surface area contributed by atoms with Gasteiger partial charge >= 0.3 is 0 Å². The van der Waals surface area contributed by atoms with E-state index in [1.54, 1.807) is 67.9 Å². The van der Waals surface area contributed by atoms with Gasteiger partial charge in [0.05, 0.1) is 23.9 Å². The Kier molecular flexibility index (Phi) is 5.73. The molecule has 0 heterocycles. The van der Waals surface area contributed by atoms with Crippen LogP contribution in [-0.2, 0) is 10.0 Å². The first-order valence-electron chi connectivity index (χ1n) is 8.18. The quantitative estimate of drug-likeness (QED) is 0.480. The summed E-state index contributed by atoms with van der Waals surface area (Å²) >= 11 is 0. The van der Waals surface area contributed by atoms with Gasteiger partial charge in [0.15, 0.2) is 0 Å². The Morgan fingerprint density at radius 3 is 2.11 bits per heavy atom. The van der Waals surface area contributed by atoms with Crippen molar-refractivity contribution >= 4 is 27.6 Å². The first-order chi connectivity index (χ1) is 13.1. The number of methoxy groups -OCH3 is 1. The number of ether oxygens (including phenoxy) is 1. The van der Waals surface area contributed by atoms with Crippen molar-refractivity contribution in [2.75, 3.05) is 17.3 Å². The molecule has 0 fully saturated rings. The van der Waals surface area contributed by atoms with Gasteiger partial charge in [-0.2, -0.15) is 5.10 Å².